The van der Waals surface area contributed by atoms with Crippen LogP contribution in [0.4, 0.5) is 5.13 Å². The molecule has 0 unspecified atom stereocenters. The molecule has 1 rings (SSSR count). The van der Waals surface area contributed by atoms with Gasteiger partial charge in [0.25, 0.3) is 5.91 Å². The summed E-state index contributed by atoms with van der Waals surface area (Å²) in [6.45, 7) is -0.513. The van der Waals surface area contributed by atoms with Gasteiger partial charge in [-0.15, -0.1) is 11.3 Å². The first-order chi connectivity index (χ1) is 8.04. The number of carboxylic acid groups (broad SMARTS) is 1. The van der Waals surface area contributed by atoms with Crippen LogP contribution in [0.2, 0.25) is 0 Å². The minimum Gasteiger partial charge on any atom is -0.480 e. The Morgan fingerprint density at radius 3 is 2.88 bits per heavy atom. The van der Waals surface area contributed by atoms with Crippen molar-refractivity contribution in [3.8, 4) is 0 Å². The Balaban J connectivity index is 2.83. The van der Waals surface area contributed by atoms with E-state index in [1.807, 2.05) is 0 Å². The molecule has 0 spiro atoms. The van der Waals surface area contributed by atoms with Gasteiger partial charge in [-0.1, -0.05) is 5.16 Å². The molecule has 1 heterocycles. The molecule has 0 aliphatic rings. The van der Waals surface area contributed by atoms with Gasteiger partial charge in [-0.2, -0.15) is 0 Å². The zero-order valence-electron chi connectivity index (χ0n) is 8.84. The van der Waals surface area contributed by atoms with Gasteiger partial charge in [-0.05, 0) is 0 Å². The lowest BCUT2D eigenvalue weighted by Crippen LogP contribution is -2.35. The van der Waals surface area contributed by atoms with Gasteiger partial charge in [-0.3, -0.25) is 9.59 Å². The lowest BCUT2D eigenvalue weighted by molar-refractivity contribution is -0.137. The number of anilines is 1. The maximum absolute atomic E-state index is 11.6. The van der Waals surface area contributed by atoms with Crippen molar-refractivity contribution in [1.82, 2.24) is 10.3 Å². The Hall–Kier alpha value is -2.16. The second-order valence-electron chi connectivity index (χ2n) is 2.77. The molecule has 0 aliphatic heterocycles. The van der Waals surface area contributed by atoms with Gasteiger partial charge < -0.3 is 21.0 Å². The summed E-state index contributed by atoms with van der Waals surface area (Å²) < 4.78 is 0. The minimum atomic E-state index is -1.16. The molecule has 0 radical (unpaired) electrons. The fourth-order valence-corrected chi connectivity index (χ4v) is 1.48. The zero-order valence-corrected chi connectivity index (χ0v) is 9.65. The summed E-state index contributed by atoms with van der Waals surface area (Å²) in [7, 11) is 1.26. The predicted octanol–water partition coefficient (Wildman–Crippen LogP) is -0.723. The van der Waals surface area contributed by atoms with Crippen LogP contribution in [-0.4, -0.2) is 41.3 Å². The van der Waals surface area contributed by atoms with Crippen LogP contribution in [0.3, 0.4) is 0 Å². The van der Waals surface area contributed by atoms with E-state index in [-0.39, 0.29) is 16.5 Å². The fraction of sp³-hybridized carbons (Fsp3) is 0.250. The first kappa shape index (κ1) is 12.9. The smallest absolute Gasteiger partial charge is 0.322 e. The van der Waals surface area contributed by atoms with Gasteiger partial charge in [0.15, 0.2) is 10.8 Å². The molecule has 0 atom stereocenters. The average Bonchev–Trinajstić information content (AvgIpc) is 2.69. The number of nitrogens with two attached hydrogens (primary N) is 1. The fourth-order valence-electron chi connectivity index (χ4n) is 0.932. The first-order valence-electron chi connectivity index (χ1n) is 4.37. The number of nitrogens with zero attached hydrogens (tertiary/aromatic N) is 2. The number of oxime groups is 1. The molecule has 0 fully saturated rings. The van der Waals surface area contributed by atoms with Gasteiger partial charge in [0.1, 0.15) is 19.3 Å². The zero-order chi connectivity index (χ0) is 12.8. The second-order valence-corrected chi connectivity index (χ2v) is 3.66. The number of hydrogen-bond donors (Lipinski definition) is 3. The molecule has 1 aromatic heterocycles. The van der Waals surface area contributed by atoms with E-state index in [0.29, 0.717) is 0 Å². The Kier molecular flexibility index (Phi) is 4.40. The van der Waals surface area contributed by atoms with E-state index < -0.39 is 18.4 Å². The van der Waals surface area contributed by atoms with E-state index >= 15 is 0 Å². The highest BCUT2D eigenvalue weighted by atomic mass is 32.1. The molecule has 0 saturated heterocycles. The van der Waals surface area contributed by atoms with E-state index in [1.54, 1.807) is 0 Å². The average molecular weight is 258 g/mol. The third-order valence-electron chi connectivity index (χ3n) is 1.56. The lowest BCUT2D eigenvalue weighted by atomic mass is 10.3. The first-order valence-corrected chi connectivity index (χ1v) is 5.25. The Morgan fingerprint density at radius 2 is 2.41 bits per heavy atom. The van der Waals surface area contributed by atoms with Crippen LogP contribution in [-0.2, 0) is 14.4 Å². The van der Waals surface area contributed by atoms with Crippen molar-refractivity contribution in [2.24, 2.45) is 5.16 Å². The van der Waals surface area contributed by atoms with Crippen LogP contribution >= 0.6 is 11.3 Å². The van der Waals surface area contributed by atoms with Crippen molar-refractivity contribution in [2.75, 3.05) is 19.4 Å². The molecule has 0 saturated carbocycles. The molecule has 92 valence electrons. The van der Waals surface area contributed by atoms with Crippen molar-refractivity contribution >= 4 is 34.1 Å². The van der Waals surface area contributed by atoms with Crippen molar-refractivity contribution in [1.29, 1.82) is 0 Å². The van der Waals surface area contributed by atoms with E-state index in [1.165, 1.54) is 12.5 Å². The van der Waals surface area contributed by atoms with Gasteiger partial charge >= 0.3 is 5.97 Å². The summed E-state index contributed by atoms with van der Waals surface area (Å²) in [4.78, 5) is 30.2. The maximum Gasteiger partial charge on any atom is 0.322 e. The standard InChI is InChI=1S/C8H10N4O4S/c1-16-12-6(4-3-17-8(9)11-4)7(15)10-2-5(13)14/h3H,2H2,1H3,(H2,9,11)(H,10,15)(H,13,14). The number of aromatic nitrogens is 1. The van der Waals surface area contributed by atoms with Crippen LogP contribution in [0.25, 0.3) is 0 Å². The monoisotopic (exact) mass is 258 g/mol. The van der Waals surface area contributed by atoms with Crippen molar-refractivity contribution in [3.63, 3.8) is 0 Å². The Bertz CT molecular complexity index is 456. The highest BCUT2D eigenvalue weighted by Gasteiger charge is 2.18. The van der Waals surface area contributed by atoms with Crippen LogP contribution in [0, 0.1) is 0 Å². The molecule has 17 heavy (non-hydrogen) atoms. The van der Waals surface area contributed by atoms with Crippen LogP contribution in [0.15, 0.2) is 10.5 Å². The van der Waals surface area contributed by atoms with Crippen LogP contribution in [0.5, 0.6) is 0 Å². The second kappa shape index (κ2) is 5.80. The third-order valence-corrected chi connectivity index (χ3v) is 2.24. The number of nitrogens with one attached hydrogen (secondary N) is 1. The van der Waals surface area contributed by atoms with E-state index in [4.69, 9.17) is 10.8 Å². The number of carbonyl (C=O) groups is 2. The number of hydrogen-bond acceptors (Lipinski definition) is 7. The molecule has 1 aromatic rings. The molecular weight excluding hydrogens is 248 g/mol. The van der Waals surface area contributed by atoms with Gasteiger partial charge in [0.05, 0.1) is 0 Å². The van der Waals surface area contributed by atoms with Gasteiger partial charge in [0.2, 0.25) is 0 Å². The summed E-state index contributed by atoms with van der Waals surface area (Å²) in [5.41, 5.74) is 5.53. The molecule has 0 aliphatic carbocycles. The lowest BCUT2D eigenvalue weighted by Gasteiger charge is -2.02. The highest BCUT2D eigenvalue weighted by molar-refractivity contribution is 7.13. The highest BCUT2D eigenvalue weighted by Crippen LogP contribution is 2.12. The summed E-state index contributed by atoms with van der Waals surface area (Å²) >= 11 is 1.13. The number of carbonyl (C=O) groups excluding carboxylic acids is 1. The number of rotatable bonds is 5. The van der Waals surface area contributed by atoms with Crippen LogP contribution < -0.4 is 11.1 Å². The third kappa shape index (κ3) is 3.72. The molecule has 0 bridgehead atoms. The van der Waals surface area contributed by atoms with Crippen molar-refractivity contribution in [2.45, 2.75) is 0 Å². The predicted molar refractivity (Wildman–Crippen MR) is 60.7 cm³/mol. The summed E-state index contributed by atoms with van der Waals surface area (Å²) in [6.07, 6.45) is 0. The minimum absolute atomic E-state index is 0.123. The van der Waals surface area contributed by atoms with E-state index in [2.05, 4.69) is 20.3 Å². The largest absolute Gasteiger partial charge is 0.480 e. The summed E-state index contributed by atoms with van der Waals surface area (Å²) in [5, 5.41) is 15.9. The number of thiazole rings is 1. The number of amides is 1. The number of aliphatic carboxylic acids is 1. The van der Waals surface area contributed by atoms with E-state index in [9.17, 15) is 9.59 Å². The van der Waals surface area contributed by atoms with E-state index in [0.717, 1.165) is 11.3 Å². The SMILES string of the molecule is CON=C(C(=O)NCC(=O)O)c1csc(N)n1. The van der Waals surface area contributed by atoms with Crippen LogP contribution in [0.1, 0.15) is 5.69 Å². The maximum atomic E-state index is 11.6. The quantitative estimate of drug-likeness (QED) is 0.472. The summed E-state index contributed by atoms with van der Waals surface area (Å²) in [6, 6.07) is 0. The molecule has 1 amide bonds. The van der Waals surface area contributed by atoms with Gasteiger partial charge in [-0.25, -0.2) is 4.98 Å². The van der Waals surface area contributed by atoms with Crippen molar-refractivity contribution in [3.05, 3.63) is 11.1 Å². The normalized spacial score (nSPS) is 11.0. The van der Waals surface area contributed by atoms with Gasteiger partial charge in [0, 0.05) is 5.38 Å². The van der Waals surface area contributed by atoms with Crippen molar-refractivity contribution < 1.29 is 19.5 Å². The molecule has 8 nitrogen and oxygen atoms in total. The molecule has 0 aromatic carbocycles. The molecular formula is C8H10N4O4S. The summed E-state index contributed by atoms with van der Waals surface area (Å²) in [5.74, 6) is -1.85. The Labute approximate surface area is 100 Å². The molecule has 4 N–H and O–H groups in total. The topological polar surface area (TPSA) is 127 Å². The number of nitrogen functional groups attached to an aromatic ring is 1. The Morgan fingerprint density at radius 1 is 1.71 bits per heavy atom. The molecule has 9 heteroatoms. The number of carboxylic acids is 1.